The molecule has 0 spiro atoms. The predicted octanol–water partition coefficient (Wildman–Crippen LogP) is 2.48. The largest absolute Gasteiger partial charge is 0.376 e. The number of imide groups is 1. The highest BCUT2D eigenvalue weighted by Gasteiger charge is 2.38. The molecule has 138 valence electrons. The number of carbonyl (C=O) groups excluding carboxylic acids is 3. The fourth-order valence-electron chi connectivity index (χ4n) is 4.15. The second-order valence-electron chi connectivity index (χ2n) is 7.46. The topological polar surface area (TPSA) is 66.9 Å². The van der Waals surface area contributed by atoms with Crippen LogP contribution in [0.5, 0.6) is 0 Å². The maximum atomic E-state index is 12.9. The Bertz CT molecular complexity index is 754. The lowest BCUT2D eigenvalue weighted by molar-refractivity contribution is 0.0475. The summed E-state index contributed by atoms with van der Waals surface area (Å²) in [6.45, 7) is 3.77. The molecule has 3 aliphatic rings. The Morgan fingerprint density at radius 2 is 1.92 bits per heavy atom. The minimum absolute atomic E-state index is 0.0576. The van der Waals surface area contributed by atoms with Gasteiger partial charge >= 0.3 is 0 Å². The van der Waals surface area contributed by atoms with Gasteiger partial charge in [0.05, 0.1) is 23.8 Å². The summed E-state index contributed by atoms with van der Waals surface area (Å²) in [7, 11) is 0. The molecule has 0 bridgehead atoms. The minimum atomic E-state index is -0.318. The number of fused-ring (bicyclic) bond motifs is 1. The van der Waals surface area contributed by atoms with Crippen molar-refractivity contribution in [3.8, 4) is 0 Å². The van der Waals surface area contributed by atoms with Crippen molar-refractivity contribution in [3.05, 3.63) is 34.9 Å². The van der Waals surface area contributed by atoms with Crippen LogP contribution in [0.25, 0.3) is 0 Å². The summed E-state index contributed by atoms with van der Waals surface area (Å²) in [6.07, 6.45) is 4.90. The zero-order valence-electron chi connectivity index (χ0n) is 15.1. The van der Waals surface area contributed by atoms with Gasteiger partial charge in [0, 0.05) is 24.8 Å². The van der Waals surface area contributed by atoms with Crippen molar-refractivity contribution in [3.63, 3.8) is 0 Å². The van der Waals surface area contributed by atoms with Gasteiger partial charge in [-0.3, -0.25) is 19.3 Å². The molecular weight excluding hydrogens is 332 g/mol. The maximum absolute atomic E-state index is 12.9. The second-order valence-corrected chi connectivity index (χ2v) is 7.46. The van der Waals surface area contributed by atoms with E-state index in [9.17, 15) is 14.4 Å². The van der Waals surface area contributed by atoms with Gasteiger partial charge in [-0.25, -0.2) is 0 Å². The third-order valence-corrected chi connectivity index (χ3v) is 5.69. The molecule has 2 unspecified atom stereocenters. The number of rotatable bonds is 3. The van der Waals surface area contributed by atoms with Crippen LogP contribution in [0, 0.1) is 0 Å². The zero-order chi connectivity index (χ0) is 18.3. The molecule has 0 aliphatic carbocycles. The molecule has 3 amide bonds. The van der Waals surface area contributed by atoms with Crippen LogP contribution in [0.3, 0.4) is 0 Å². The van der Waals surface area contributed by atoms with Crippen molar-refractivity contribution in [1.82, 2.24) is 9.80 Å². The van der Waals surface area contributed by atoms with E-state index < -0.39 is 0 Å². The summed E-state index contributed by atoms with van der Waals surface area (Å²) in [6, 6.07) is 5.09. The Hall–Kier alpha value is -2.21. The van der Waals surface area contributed by atoms with E-state index in [1.54, 1.807) is 18.2 Å². The van der Waals surface area contributed by atoms with Gasteiger partial charge in [-0.15, -0.1) is 0 Å². The molecule has 0 radical (unpaired) electrons. The summed E-state index contributed by atoms with van der Waals surface area (Å²) in [5, 5.41) is 0. The lowest BCUT2D eigenvalue weighted by atomic mass is 10.0. The van der Waals surface area contributed by atoms with Gasteiger partial charge in [0.2, 0.25) is 0 Å². The Kier molecular flexibility index (Phi) is 4.53. The van der Waals surface area contributed by atoms with Crippen LogP contribution < -0.4 is 0 Å². The van der Waals surface area contributed by atoms with Crippen LogP contribution in [0.4, 0.5) is 0 Å². The van der Waals surface area contributed by atoms with E-state index in [0.717, 1.165) is 38.6 Å². The van der Waals surface area contributed by atoms with Crippen molar-refractivity contribution in [2.45, 2.75) is 51.2 Å². The van der Waals surface area contributed by atoms with Gasteiger partial charge in [-0.05, 0) is 57.2 Å². The number of nitrogens with zero attached hydrogens (tertiary/aromatic N) is 2. The number of ether oxygens (including phenoxy) is 1. The average molecular weight is 356 g/mol. The number of amides is 3. The maximum Gasteiger partial charge on any atom is 0.261 e. The van der Waals surface area contributed by atoms with E-state index in [1.165, 1.54) is 4.90 Å². The number of hydrogen-bond donors (Lipinski definition) is 0. The Morgan fingerprint density at radius 1 is 1.12 bits per heavy atom. The van der Waals surface area contributed by atoms with Crippen molar-refractivity contribution in [2.24, 2.45) is 0 Å². The average Bonchev–Trinajstić information content (AvgIpc) is 3.25. The van der Waals surface area contributed by atoms with Gasteiger partial charge in [-0.2, -0.15) is 0 Å². The van der Waals surface area contributed by atoms with E-state index in [1.807, 2.05) is 4.90 Å². The molecule has 1 aromatic carbocycles. The quantitative estimate of drug-likeness (QED) is 0.781. The number of carbonyl (C=O) groups is 3. The van der Waals surface area contributed by atoms with Gasteiger partial charge in [0.15, 0.2) is 0 Å². The molecule has 26 heavy (non-hydrogen) atoms. The molecule has 4 rings (SSSR count). The van der Waals surface area contributed by atoms with Gasteiger partial charge in [0.1, 0.15) is 0 Å². The first kappa shape index (κ1) is 17.2. The van der Waals surface area contributed by atoms with E-state index in [4.69, 9.17) is 4.74 Å². The van der Waals surface area contributed by atoms with Gasteiger partial charge in [-0.1, -0.05) is 0 Å². The van der Waals surface area contributed by atoms with Crippen LogP contribution >= 0.6 is 0 Å². The molecule has 1 aromatic rings. The molecule has 2 atom stereocenters. The molecule has 0 aromatic heterocycles. The Balaban J connectivity index is 1.56. The number of benzene rings is 1. The normalized spacial score (nSPS) is 25.7. The third kappa shape index (κ3) is 2.92. The molecule has 3 heterocycles. The molecule has 6 nitrogen and oxygen atoms in total. The minimum Gasteiger partial charge on any atom is -0.376 e. The van der Waals surface area contributed by atoms with E-state index in [0.29, 0.717) is 29.8 Å². The summed E-state index contributed by atoms with van der Waals surface area (Å²) >= 11 is 0. The summed E-state index contributed by atoms with van der Waals surface area (Å²) in [5.41, 5.74) is 1.21. The van der Waals surface area contributed by atoms with Crippen molar-refractivity contribution in [2.75, 3.05) is 19.7 Å². The lowest BCUT2D eigenvalue weighted by Gasteiger charge is -2.33. The van der Waals surface area contributed by atoms with Crippen LogP contribution in [-0.2, 0) is 4.74 Å². The Morgan fingerprint density at radius 3 is 2.65 bits per heavy atom. The van der Waals surface area contributed by atoms with Crippen LogP contribution in [0.15, 0.2) is 18.2 Å². The van der Waals surface area contributed by atoms with E-state index in [2.05, 4.69) is 6.92 Å². The van der Waals surface area contributed by atoms with Crippen LogP contribution in [-0.4, -0.2) is 59.4 Å². The standard InChI is InChI=1S/C20H24N2O4/c1-13-5-2-3-9-21(13)18(23)14-7-8-16-17(11-14)20(25)22(19(16)24)12-15-6-4-10-26-15/h7-8,11,13,15H,2-6,9-10,12H2,1H3. The highest BCUT2D eigenvalue weighted by Crippen LogP contribution is 2.27. The van der Waals surface area contributed by atoms with Crippen LogP contribution in [0.2, 0.25) is 0 Å². The molecular formula is C20H24N2O4. The van der Waals surface area contributed by atoms with Gasteiger partial charge in [0.25, 0.3) is 17.7 Å². The third-order valence-electron chi connectivity index (χ3n) is 5.69. The summed E-state index contributed by atoms with van der Waals surface area (Å²) in [4.78, 5) is 41.3. The van der Waals surface area contributed by atoms with Crippen molar-refractivity contribution in [1.29, 1.82) is 0 Å². The monoisotopic (exact) mass is 356 g/mol. The van der Waals surface area contributed by atoms with E-state index in [-0.39, 0.29) is 29.9 Å². The zero-order valence-corrected chi connectivity index (χ0v) is 15.1. The number of hydrogen-bond acceptors (Lipinski definition) is 4. The smallest absolute Gasteiger partial charge is 0.261 e. The second kappa shape index (κ2) is 6.83. The molecule has 0 N–H and O–H groups in total. The fraction of sp³-hybridized carbons (Fsp3) is 0.550. The van der Waals surface area contributed by atoms with Crippen molar-refractivity contribution >= 4 is 17.7 Å². The highest BCUT2D eigenvalue weighted by atomic mass is 16.5. The molecule has 2 saturated heterocycles. The summed E-state index contributed by atoms with van der Waals surface area (Å²) in [5.74, 6) is -0.662. The first-order chi connectivity index (χ1) is 12.6. The first-order valence-corrected chi connectivity index (χ1v) is 9.49. The van der Waals surface area contributed by atoms with Crippen molar-refractivity contribution < 1.29 is 19.1 Å². The van der Waals surface area contributed by atoms with Gasteiger partial charge < -0.3 is 9.64 Å². The molecule has 6 heteroatoms. The lowest BCUT2D eigenvalue weighted by Crippen LogP contribution is -2.42. The fourth-order valence-corrected chi connectivity index (χ4v) is 4.15. The summed E-state index contributed by atoms with van der Waals surface area (Å²) < 4.78 is 5.56. The first-order valence-electron chi connectivity index (χ1n) is 9.49. The number of likely N-dealkylation sites (tertiary alicyclic amines) is 1. The highest BCUT2D eigenvalue weighted by molar-refractivity contribution is 6.22. The SMILES string of the molecule is CC1CCCCN1C(=O)c1ccc2c(c1)C(=O)N(CC1CCCO1)C2=O. The predicted molar refractivity (Wildman–Crippen MR) is 95.1 cm³/mol. The molecule has 3 aliphatic heterocycles. The molecule has 2 fully saturated rings. The number of piperidine rings is 1. The Labute approximate surface area is 153 Å². The molecule has 0 saturated carbocycles. The van der Waals surface area contributed by atoms with Crippen LogP contribution in [0.1, 0.15) is 70.1 Å². The van der Waals surface area contributed by atoms with E-state index >= 15 is 0 Å².